The van der Waals surface area contributed by atoms with E-state index in [0.717, 1.165) is 29.0 Å². The van der Waals surface area contributed by atoms with Gasteiger partial charge in [0.05, 0.1) is 18.4 Å². The van der Waals surface area contributed by atoms with Gasteiger partial charge in [0, 0.05) is 23.8 Å². The lowest BCUT2D eigenvalue weighted by Gasteiger charge is -2.21. The molecule has 1 unspecified atom stereocenters. The standard InChI is InChI=1S/C23H23F3N2O/c1-15(28-16(2)21-6-4-5-13-27-21)18-9-12-22(29-3)20(14-18)17-7-10-19(11-8-17)23(24,25)26/h4-16,28H,1-3H3/t15-,16?/m1/s1. The van der Waals surface area contributed by atoms with Crippen molar-refractivity contribution in [2.45, 2.75) is 32.1 Å². The number of hydrogen-bond donors (Lipinski definition) is 1. The zero-order valence-electron chi connectivity index (χ0n) is 16.5. The molecule has 0 bridgehead atoms. The van der Waals surface area contributed by atoms with Gasteiger partial charge in [-0.3, -0.25) is 4.98 Å². The number of nitrogens with one attached hydrogen (secondary N) is 1. The fraction of sp³-hybridized carbons (Fsp3) is 0.261. The summed E-state index contributed by atoms with van der Waals surface area (Å²) in [6.45, 7) is 4.08. The molecular weight excluding hydrogens is 377 g/mol. The van der Waals surface area contributed by atoms with Crippen LogP contribution in [0.25, 0.3) is 11.1 Å². The van der Waals surface area contributed by atoms with Crippen molar-refractivity contribution in [1.29, 1.82) is 0 Å². The van der Waals surface area contributed by atoms with Crippen molar-refractivity contribution >= 4 is 0 Å². The van der Waals surface area contributed by atoms with Crippen molar-refractivity contribution in [2.24, 2.45) is 0 Å². The van der Waals surface area contributed by atoms with E-state index in [1.807, 2.05) is 50.2 Å². The third-order valence-corrected chi connectivity index (χ3v) is 4.88. The lowest BCUT2D eigenvalue weighted by atomic mass is 9.97. The van der Waals surface area contributed by atoms with E-state index in [9.17, 15) is 13.2 Å². The Morgan fingerprint density at radius 2 is 1.66 bits per heavy atom. The predicted molar refractivity (Wildman–Crippen MR) is 108 cm³/mol. The van der Waals surface area contributed by atoms with Gasteiger partial charge in [-0.1, -0.05) is 24.3 Å². The number of benzene rings is 2. The number of aromatic nitrogens is 1. The maximum atomic E-state index is 12.9. The minimum Gasteiger partial charge on any atom is -0.496 e. The quantitative estimate of drug-likeness (QED) is 0.536. The van der Waals surface area contributed by atoms with Gasteiger partial charge < -0.3 is 10.1 Å². The normalized spacial score (nSPS) is 13.7. The van der Waals surface area contributed by atoms with Gasteiger partial charge in [-0.25, -0.2) is 0 Å². The van der Waals surface area contributed by atoms with E-state index < -0.39 is 11.7 Å². The number of alkyl halides is 3. The number of rotatable bonds is 6. The highest BCUT2D eigenvalue weighted by Gasteiger charge is 2.30. The molecule has 0 amide bonds. The molecule has 0 aliphatic carbocycles. The maximum Gasteiger partial charge on any atom is 0.416 e. The van der Waals surface area contributed by atoms with Crippen LogP contribution in [0.1, 0.15) is 42.8 Å². The summed E-state index contributed by atoms with van der Waals surface area (Å²) in [5.41, 5.74) is 2.69. The predicted octanol–water partition coefficient (Wildman–Crippen LogP) is 6.19. The number of pyridine rings is 1. The third-order valence-electron chi connectivity index (χ3n) is 4.88. The first kappa shape index (κ1) is 20.9. The van der Waals surface area contributed by atoms with Crippen molar-refractivity contribution in [3.8, 4) is 16.9 Å². The Morgan fingerprint density at radius 1 is 0.931 bits per heavy atom. The zero-order valence-corrected chi connectivity index (χ0v) is 16.5. The second-order valence-corrected chi connectivity index (χ2v) is 6.90. The van der Waals surface area contributed by atoms with E-state index in [0.29, 0.717) is 11.3 Å². The average Bonchev–Trinajstić information content (AvgIpc) is 2.73. The van der Waals surface area contributed by atoms with Crippen LogP contribution >= 0.6 is 0 Å². The molecule has 3 nitrogen and oxygen atoms in total. The van der Waals surface area contributed by atoms with Crippen LogP contribution in [-0.2, 0) is 6.18 Å². The summed E-state index contributed by atoms with van der Waals surface area (Å²) in [6.07, 6.45) is -2.60. The number of nitrogens with zero attached hydrogens (tertiary/aromatic N) is 1. The molecule has 6 heteroatoms. The number of hydrogen-bond acceptors (Lipinski definition) is 3. The fourth-order valence-electron chi connectivity index (χ4n) is 3.25. The van der Waals surface area contributed by atoms with Crippen molar-refractivity contribution in [2.75, 3.05) is 7.11 Å². The fourth-order valence-corrected chi connectivity index (χ4v) is 3.25. The summed E-state index contributed by atoms with van der Waals surface area (Å²) in [5.74, 6) is 0.610. The van der Waals surface area contributed by atoms with Gasteiger partial charge in [0.1, 0.15) is 5.75 Å². The highest BCUT2D eigenvalue weighted by Crippen LogP contribution is 2.35. The summed E-state index contributed by atoms with van der Waals surface area (Å²) in [5, 5.41) is 3.51. The van der Waals surface area contributed by atoms with Crippen molar-refractivity contribution in [3.63, 3.8) is 0 Å². The second kappa shape index (κ2) is 8.66. The molecule has 3 aromatic rings. The van der Waals surface area contributed by atoms with Crippen LogP contribution in [0.3, 0.4) is 0 Å². The summed E-state index contributed by atoms with van der Waals surface area (Å²) in [4.78, 5) is 4.37. The van der Waals surface area contributed by atoms with E-state index in [2.05, 4.69) is 10.3 Å². The molecule has 3 rings (SSSR count). The Kier molecular flexibility index (Phi) is 6.23. The van der Waals surface area contributed by atoms with Crippen molar-refractivity contribution in [3.05, 3.63) is 83.7 Å². The van der Waals surface area contributed by atoms with Crippen LogP contribution in [0.5, 0.6) is 5.75 Å². The Morgan fingerprint density at radius 3 is 2.24 bits per heavy atom. The summed E-state index contributed by atoms with van der Waals surface area (Å²) in [7, 11) is 1.55. The molecule has 2 atom stereocenters. The van der Waals surface area contributed by atoms with Crippen LogP contribution in [0.15, 0.2) is 66.9 Å². The summed E-state index contributed by atoms with van der Waals surface area (Å²) in [6, 6.07) is 16.7. The van der Waals surface area contributed by atoms with Gasteiger partial charge >= 0.3 is 6.18 Å². The van der Waals surface area contributed by atoms with E-state index >= 15 is 0 Å². The summed E-state index contributed by atoms with van der Waals surface area (Å²) < 4.78 is 44.0. The lowest BCUT2D eigenvalue weighted by Crippen LogP contribution is -2.23. The van der Waals surface area contributed by atoms with Gasteiger partial charge in [0.2, 0.25) is 0 Å². The minimum atomic E-state index is -4.36. The monoisotopic (exact) mass is 400 g/mol. The van der Waals surface area contributed by atoms with E-state index in [1.165, 1.54) is 12.1 Å². The van der Waals surface area contributed by atoms with E-state index in [4.69, 9.17) is 4.74 Å². The maximum absolute atomic E-state index is 12.9. The van der Waals surface area contributed by atoms with Crippen LogP contribution in [0.4, 0.5) is 13.2 Å². The molecule has 1 N–H and O–H groups in total. The van der Waals surface area contributed by atoms with Crippen molar-refractivity contribution in [1.82, 2.24) is 10.3 Å². The van der Waals surface area contributed by atoms with Crippen LogP contribution < -0.4 is 10.1 Å². The van der Waals surface area contributed by atoms with Gasteiger partial charge in [0.15, 0.2) is 0 Å². The number of methoxy groups -OCH3 is 1. The highest BCUT2D eigenvalue weighted by atomic mass is 19.4. The van der Waals surface area contributed by atoms with E-state index in [-0.39, 0.29) is 12.1 Å². The van der Waals surface area contributed by atoms with Crippen LogP contribution in [0, 0.1) is 0 Å². The Bertz CT molecular complexity index is 941. The molecule has 0 radical (unpaired) electrons. The Labute approximate surface area is 168 Å². The largest absolute Gasteiger partial charge is 0.496 e. The Balaban J connectivity index is 1.86. The second-order valence-electron chi connectivity index (χ2n) is 6.90. The molecule has 1 aromatic heterocycles. The van der Waals surface area contributed by atoms with Gasteiger partial charge in [-0.2, -0.15) is 13.2 Å². The first-order valence-electron chi connectivity index (χ1n) is 9.32. The Hall–Kier alpha value is -2.86. The molecule has 0 spiro atoms. The molecule has 2 aromatic carbocycles. The lowest BCUT2D eigenvalue weighted by molar-refractivity contribution is -0.137. The third kappa shape index (κ3) is 4.95. The average molecular weight is 400 g/mol. The van der Waals surface area contributed by atoms with Crippen LogP contribution in [0.2, 0.25) is 0 Å². The smallest absolute Gasteiger partial charge is 0.416 e. The van der Waals surface area contributed by atoms with Crippen LogP contribution in [-0.4, -0.2) is 12.1 Å². The molecule has 0 aliphatic rings. The summed E-state index contributed by atoms with van der Waals surface area (Å²) >= 11 is 0. The first-order valence-corrected chi connectivity index (χ1v) is 9.32. The molecule has 0 aliphatic heterocycles. The van der Waals surface area contributed by atoms with Gasteiger partial charge in [0.25, 0.3) is 0 Å². The molecule has 152 valence electrons. The minimum absolute atomic E-state index is 0.00566. The van der Waals surface area contributed by atoms with E-state index in [1.54, 1.807) is 13.3 Å². The number of halogens is 3. The molecule has 1 heterocycles. The molecule has 0 fully saturated rings. The van der Waals surface area contributed by atoms with Gasteiger partial charge in [-0.15, -0.1) is 0 Å². The zero-order chi connectivity index (χ0) is 21.0. The first-order chi connectivity index (χ1) is 13.8. The molecular formula is C23H23F3N2O. The topological polar surface area (TPSA) is 34.1 Å². The SMILES string of the molecule is COc1ccc([C@@H](C)NC(C)c2ccccn2)cc1-c1ccc(C(F)(F)F)cc1. The highest BCUT2D eigenvalue weighted by molar-refractivity contribution is 5.71. The number of ether oxygens (including phenoxy) is 1. The van der Waals surface area contributed by atoms with Gasteiger partial charge in [-0.05, 0) is 61.4 Å². The van der Waals surface area contributed by atoms with Crippen molar-refractivity contribution < 1.29 is 17.9 Å². The molecule has 0 saturated carbocycles. The molecule has 29 heavy (non-hydrogen) atoms. The molecule has 0 saturated heterocycles.